The van der Waals surface area contributed by atoms with E-state index in [1.165, 1.54) is 0 Å². The van der Waals surface area contributed by atoms with Crippen molar-refractivity contribution < 1.29 is 4.79 Å². The van der Waals surface area contributed by atoms with Gasteiger partial charge >= 0.3 is 0 Å². The van der Waals surface area contributed by atoms with Crippen molar-refractivity contribution in [1.29, 1.82) is 0 Å². The predicted octanol–water partition coefficient (Wildman–Crippen LogP) is 3.42. The lowest BCUT2D eigenvalue weighted by molar-refractivity contribution is -0.116. The smallest absolute Gasteiger partial charge is 0.224 e. The molecular formula is C17H29N3O. The molecule has 4 nitrogen and oxygen atoms in total. The number of benzene rings is 1. The summed E-state index contributed by atoms with van der Waals surface area (Å²) >= 11 is 0. The van der Waals surface area contributed by atoms with Crippen LogP contribution in [0, 0.1) is 6.92 Å². The summed E-state index contributed by atoms with van der Waals surface area (Å²) in [6.07, 6.45) is 2.49. The van der Waals surface area contributed by atoms with Gasteiger partial charge in [-0.2, -0.15) is 0 Å². The van der Waals surface area contributed by atoms with Gasteiger partial charge in [-0.1, -0.05) is 6.92 Å². The summed E-state index contributed by atoms with van der Waals surface area (Å²) in [4.78, 5) is 14.3. The lowest BCUT2D eigenvalue weighted by atomic mass is 10.00. The quantitative estimate of drug-likeness (QED) is 0.757. The van der Waals surface area contributed by atoms with Crippen LogP contribution in [-0.2, 0) is 4.79 Å². The summed E-state index contributed by atoms with van der Waals surface area (Å²) in [6.45, 7) is 9.52. The number of nitrogens with two attached hydrogens (primary N) is 1. The Morgan fingerprint density at radius 2 is 2.05 bits per heavy atom. The van der Waals surface area contributed by atoms with E-state index >= 15 is 0 Å². The maximum Gasteiger partial charge on any atom is 0.224 e. The lowest BCUT2D eigenvalue weighted by Crippen LogP contribution is -2.41. The average Bonchev–Trinajstić information content (AvgIpc) is 2.41. The Bertz CT molecular complexity index is 483. The first kappa shape index (κ1) is 17.5. The molecule has 118 valence electrons. The Balaban J connectivity index is 2.41. The molecule has 1 rings (SSSR count). The van der Waals surface area contributed by atoms with E-state index in [4.69, 9.17) is 5.73 Å². The third-order valence-corrected chi connectivity index (χ3v) is 4.32. The minimum atomic E-state index is 0.0607. The van der Waals surface area contributed by atoms with Crippen LogP contribution in [0.2, 0.25) is 0 Å². The Hall–Kier alpha value is -1.55. The molecule has 0 spiro atoms. The van der Waals surface area contributed by atoms with Gasteiger partial charge in [-0.05, 0) is 71.0 Å². The normalized spacial score (nSPS) is 11.7. The van der Waals surface area contributed by atoms with Gasteiger partial charge in [-0.25, -0.2) is 0 Å². The second kappa shape index (κ2) is 7.46. The fourth-order valence-corrected chi connectivity index (χ4v) is 2.09. The van der Waals surface area contributed by atoms with Crippen molar-refractivity contribution in [3.05, 3.63) is 23.8 Å². The summed E-state index contributed by atoms with van der Waals surface area (Å²) in [5, 5.41) is 2.95. The predicted molar refractivity (Wildman–Crippen MR) is 90.5 cm³/mol. The number of anilines is 2. The Morgan fingerprint density at radius 3 is 2.62 bits per heavy atom. The van der Waals surface area contributed by atoms with E-state index in [9.17, 15) is 4.79 Å². The van der Waals surface area contributed by atoms with Gasteiger partial charge in [-0.15, -0.1) is 0 Å². The molecule has 0 saturated carbocycles. The molecule has 0 saturated heterocycles. The highest BCUT2D eigenvalue weighted by atomic mass is 16.1. The number of hydrogen-bond acceptors (Lipinski definition) is 3. The van der Waals surface area contributed by atoms with Crippen molar-refractivity contribution in [1.82, 2.24) is 4.90 Å². The number of nitrogens with zero attached hydrogens (tertiary/aromatic N) is 1. The highest BCUT2D eigenvalue weighted by Crippen LogP contribution is 2.19. The van der Waals surface area contributed by atoms with Crippen LogP contribution >= 0.6 is 0 Å². The summed E-state index contributed by atoms with van der Waals surface area (Å²) in [6, 6.07) is 5.53. The molecule has 0 fully saturated rings. The molecule has 0 aliphatic rings. The molecule has 0 aromatic heterocycles. The Morgan fingerprint density at radius 1 is 1.38 bits per heavy atom. The zero-order valence-corrected chi connectivity index (χ0v) is 14.0. The minimum Gasteiger partial charge on any atom is -0.399 e. The van der Waals surface area contributed by atoms with Crippen LogP contribution in [0.1, 0.15) is 45.6 Å². The Kier molecular flexibility index (Phi) is 6.21. The number of hydrogen-bond donors (Lipinski definition) is 2. The second-order valence-electron chi connectivity index (χ2n) is 6.31. The van der Waals surface area contributed by atoms with Gasteiger partial charge in [0.1, 0.15) is 0 Å². The molecule has 0 bridgehead atoms. The molecule has 1 aromatic rings. The molecule has 21 heavy (non-hydrogen) atoms. The first-order valence-electron chi connectivity index (χ1n) is 7.63. The van der Waals surface area contributed by atoms with E-state index in [0.29, 0.717) is 12.1 Å². The van der Waals surface area contributed by atoms with Crippen LogP contribution in [0.25, 0.3) is 0 Å². The van der Waals surface area contributed by atoms with Gasteiger partial charge in [-0.3, -0.25) is 4.79 Å². The molecule has 4 heteroatoms. The molecule has 0 atom stereocenters. The molecule has 0 aliphatic carbocycles. The van der Waals surface area contributed by atoms with Crippen molar-refractivity contribution >= 4 is 17.3 Å². The molecule has 1 amide bonds. The zero-order chi connectivity index (χ0) is 16.0. The monoisotopic (exact) mass is 291 g/mol. The standard InChI is InChI=1S/C17H29N3O/c1-6-17(3,4)20(5)11-7-8-16(21)19-15-10-9-14(18)12-13(15)2/h9-10,12H,6-8,11,18H2,1-5H3,(H,19,21). The van der Waals surface area contributed by atoms with Gasteiger partial charge in [0.15, 0.2) is 0 Å². The van der Waals surface area contributed by atoms with Crippen LogP contribution in [0.4, 0.5) is 11.4 Å². The van der Waals surface area contributed by atoms with Gasteiger partial charge in [0.2, 0.25) is 5.91 Å². The van der Waals surface area contributed by atoms with Crippen LogP contribution < -0.4 is 11.1 Å². The number of nitrogen functional groups attached to an aromatic ring is 1. The fourth-order valence-electron chi connectivity index (χ4n) is 2.09. The van der Waals surface area contributed by atoms with Crippen LogP contribution in [0.15, 0.2) is 18.2 Å². The van der Waals surface area contributed by atoms with Crippen molar-refractivity contribution in [2.75, 3.05) is 24.6 Å². The molecular weight excluding hydrogens is 262 g/mol. The number of carbonyl (C=O) groups excluding carboxylic acids is 1. The first-order chi connectivity index (χ1) is 9.76. The Labute approximate surface area is 128 Å². The van der Waals surface area contributed by atoms with E-state index in [2.05, 4.69) is 38.0 Å². The van der Waals surface area contributed by atoms with E-state index in [0.717, 1.165) is 30.6 Å². The third-order valence-electron chi connectivity index (χ3n) is 4.32. The number of rotatable bonds is 7. The van der Waals surface area contributed by atoms with Crippen LogP contribution in [-0.4, -0.2) is 29.9 Å². The molecule has 3 N–H and O–H groups in total. The van der Waals surface area contributed by atoms with Crippen LogP contribution in [0.5, 0.6) is 0 Å². The van der Waals surface area contributed by atoms with E-state index in [1.807, 2.05) is 19.1 Å². The zero-order valence-electron chi connectivity index (χ0n) is 14.0. The maximum atomic E-state index is 12.0. The van der Waals surface area contributed by atoms with Gasteiger partial charge in [0, 0.05) is 23.3 Å². The first-order valence-corrected chi connectivity index (χ1v) is 7.63. The summed E-state index contributed by atoms with van der Waals surface area (Å²) < 4.78 is 0. The van der Waals surface area contributed by atoms with Crippen molar-refractivity contribution in [2.24, 2.45) is 0 Å². The molecule has 0 heterocycles. The largest absolute Gasteiger partial charge is 0.399 e. The second-order valence-corrected chi connectivity index (χ2v) is 6.31. The van der Waals surface area contributed by atoms with Crippen molar-refractivity contribution in [3.63, 3.8) is 0 Å². The molecule has 0 aliphatic heterocycles. The fraction of sp³-hybridized carbons (Fsp3) is 0.588. The average molecular weight is 291 g/mol. The SMILES string of the molecule is CCC(C)(C)N(C)CCCC(=O)Nc1ccc(N)cc1C. The van der Waals surface area contributed by atoms with Gasteiger partial charge in [0.05, 0.1) is 0 Å². The van der Waals surface area contributed by atoms with Crippen molar-refractivity contribution in [3.8, 4) is 0 Å². The molecule has 0 radical (unpaired) electrons. The summed E-state index contributed by atoms with van der Waals surface area (Å²) in [7, 11) is 2.12. The van der Waals surface area contributed by atoms with Gasteiger partial charge < -0.3 is 16.0 Å². The number of nitrogens with one attached hydrogen (secondary N) is 1. The topological polar surface area (TPSA) is 58.4 Å². The van der Waals surface area contributed by atoms with E-state index in [1.54, 1.807) is 6.07 Å². The number of aryl methyl sites for hydroxylation is 1. The lowest BCUT2D eigenvalue weighted by Gasteiger charge is -2.34. The molecule has 1 aromatic carbocycles. The van der Waals surface area contributed by atoms with E-state index < -0.39 is 0 Å². The van der Waals surface area contributed by atoms with E-state index in [-0.39, 0.29) is 11.4 Å². The van der Waals surface area contributed by atoms with Crippen molar-refractivity contribution in [2.45, 2.75) is 52.5 Å². The summed E-state index contributed by atoms with van der Waals surface area (Å²) in [5.41, 5.74) is 8.45. The summed E-state index contributed by atoms with van der Waals surface area (Å²) in [5.74, 6) is 0.0607. The van der Waals surface area contributed by atoms with Crippen LogP contribution in [0.3, 0.4) is 0 Å². The molecule has 0 unspecified atom stereocenters. The highest BCUT2D eigenvalue weighted by molar-refractivity contribution is 5.91. The maximum absolute atomic E-state index is 12.0. The highest BCUT2D eigenvalue weighted by Gasteiger charge is 2.20. The minimum absolute atomic E-state index is 0.0607. The third kappa shape index (κ3) is 5.38. The van der Waals surface area contributed by atoms with Gasteiger partial charge in [0.25, 0.3) is 0 Å². The number of amides is 1. The number of carbonyl (C=O) groups is 1.